The smallest absolute Gasteiger partial charge is 0.122 e. The summed E-state index contributed by atoms with van der Waals surface area (Å²) >= 11 is 1.92. The maximum atomic E-state index is 5.43. The van der Waals surface area contributed by atoms with E-state index >= 15 is 0 Å². The number of hydrogen-bond acceptors (Lipinski definition) is 3. The van der Waals surface area contributed by atoms with Crippen LogP contribution in [0.2, 0.25) is 0 Å². The zero-order valence-electron chi connectivity index (χ0n) is 11.3. The van der Waals surface area contributed by atoms with E-state index in [2.05, 4.69) is 29.8 Å². The molecule has 1 aliphatic rings. The van der Waals surface area contributed by atoms with E-state index in [1.165, 1.54) is 30.6 Å². The Hall–Kier alpha value is -0.670. The Morgan fingerprint density at radius 2 is 2.11 bits per heavy atom. The molecule has 1 aliphatic carbocycles. The number of ether oxygens (including phenoxy) is 1. The molecule has 1 aromatic rings. The molecule has 0 atom stereocenters. The fraction of sp³-hybridized carbons (Fsp3) is 0.600. The Balaban J connectivity index is 1.75. The van der Waals surface area contributed by atoms with Gasteiger partial charge in [-0.1, -0.05) is 18.2 Å². The van der Waals surface area contributed by atoms with Gasteiger partial charge in [0.2, 0.25) is 0 Å². The van der Waals surface area contributed by atoms with Gasteiger partial charge in [-0.2, -0.15) is 11.8 Å². The Morgan fingerprint density at radius 1 is 1.33 bits per heavy atom. The second kappa shape index (κ2) is 7.05. The van der Waals surface area contributed by atoms with Gasteiger partial charge in [0, 0.05) is 6.04 Å². The van der Waals surface area contributed by atoms with Crippen molar-refractivity contribution in [1.29, 1.82) is 0 Å². The number of nitrogens with one attached hydrogen (secondary N) is 1. The van der Waals surface area contributed by atoms with Crippen LogP contribution in [0.4, 0.5) is 0 Å². The molecule has 3 heteroatoms. The monoisotopic (exact) mass is 265 g/mol. The number of para-hydroxylation sites is 1. The highest BCUT2D eigenvalue weighted by molar-refractivity contribution is 7.98. The van der Waals surface area contributed by atoms with Crippen molar-refractivity contribution < 1.29 is 4.74 Å². The molecule has 1 aromatic carbocycles. The average Bonchev–Trinajstić information content (AvgIpc) is 2.36. The minimum atomic E-state index is 0.680. The minimum absolute atomic E-state index is 0.680. The van der Waals surface area contributed by atoms with Gasteiger partial charge in [0.15, 0.2) is 0 Å². The molecule has 2 rings (SSSR count). The van der Waals surface area contributed by atoms with Crippen LogP contribution in [0.15, 0.2) is 24.3 Å². The molecular weight excluding hydrogens is 242 g/mol. The molecular formula is C15H23NOS. The van der Waals surface area contributed by atoms with Crippen LogP contribution < -0.4 is 10.1 Å². The summed E-state index contributed by atoms with van der Waals surface area (Å²) in [7, 11) is 1.76. The maximum Gasteiger partial charge on any atom is 0.122 e. The molecule has 100 valence electrons. The average molecular weight is 265 g/mol. The van der Waals surface area contributed by atoms with Crippen LogP contribution in [0.1, 0.15) is 30.7 Å². The summed E-state index contributed by atoms with van der Waals surface area (Å²) in [5, 5.41) is 3.64. The highest BCUT2D eigenvalue weighted by Gasteiger charge is 2.31. The van der Waals surface area contributed by atoms with Crippen molar-refractivity contribution in [1.82, 2.24) is 5.32 Å². The van der Waals surface area contributed by atoms with Crippen LogP contribution in [0, 0.1) is 0 Å². The third-order valence-corrected chi connectivity index (χ3v) is 4.37. The molecule has 2 nitrogen and oxygen atoms in total. The van der Waals surface area contributed by atoms with Gasteiger partial charge in [0.1, 0.15) is 5.75 Å². The molecule has 1 fully saturated rings. The van der Waals surface area contributed by atoms with Gasteiger partial charge in [0.05, 0.1) is 7.11 Å². The number of rotatable bonds is 7. The number of benzene rings is 1. The number of thioether (sulfide) groups is 1. The zero-order chi connectivity index (χ0) is 12.8. The van der Waals surface area contributed by atoms with E-state index in [0.29, 0.717) is 12.0 Å². The van der Waals surface area contributed by atoms with Gasteiger partial charge in [-0.3, -0.25) is 0 Å². The Kier molecular flexibility index (Phi) is 5.39. The summed E-state index contributed by atoms with van der Waals surface area (Å²) in [5.41, 5.74) is 1.38. The molecule has 0 radical (unpaired) electrons. The quantitative estimate of drug-likeness (QED) is 0.764. The third kappa shape index (κ3) is 3.42. The first kappa shape index (κ1) is 13.8. The summed E-state index contributed by atoms with van der Waals surface area (Å²) in [6.07, 6.45) is 5.94. The largest absolute Gasteiger partial charge is 0.496 e. The maximum absolute atomic E-state index is 5.43. The lowest BCUT2D eigenvalue weighted by Crippen LogP contribution is -2.40. The first-order valence-electron chi connectivity index (χ1n) is 6.70. The van der Waals surface area contributed by atoms with E-state index in [0.717, 1.165) is 12.3 Å². The summed E-state index contributed by atoms with van der Waals surface area (Å²) in [4.78, 5) is 0. The lowest BCUT2D eigenvalue weighted by atomic mass is 9.75. The van der Waals surface area contributed by atoms with Crippen molar-refractivity contribution in [2.45, 2.75) is 31.2 Å². The third-order valence-electron chi connectivity index (χ3n) is 3.68. The topological polar surface area (TPSA) is 21.3 Å². The lowest BCUT2D eigenvalue weighted by molar-refractivity contribution is 0.284. The van der Waals surface area contributed by atoms with Crippen LogP contribution in [-0.2, 0) is 0 Å². The molecule has 0 unspecified atom stereocenters. The number of hydrogen-bond donors (Lipinski definition) is 1. The van der Waals surface area contributed by atoms with Gasteiger partial charge >= 0.3 is 0 Å². The standard InChI is InChI=1S/C15H23NOS/c1-17-15-7-4-3-6-14(15)12-10-13(11-12)16-8-5-9-18-2/h3-4,6-7,12-13,16H,5,8-11H2,1-2H3. The Morgan fingerprint density at radius 3 is 2.83 bits per heavy atom. The van der Waals surface area contributed by atoms with Crippen molar-refractivity contribution in [3.63, 3.8) is 0 Å². The second-order valence-corrected chi connectivity index (χ2v) is 5.89. The van der Waals surface area contributed by atoms with Gasteiger partial charge in [-0.15, -0.1) is 0 Å². The molecule has 18 heavy (non-hydrogen) atoms. The highest BCUT2D eigenvalue weighted by Crippen LogP contribution is 2.40. The van der Waals surface area contributed by atoms with Gasteiger partial charge in [-0.05, 0) is 55.4 Å². The minimum Gasteiger partial charge on any atom is -0.496 e. The van der Waals surface area contributed by atoms with Crippen molar-refractivity contribution >= 4 is 11.8 Å². The fourth-order valence-electron chi connectivity index (χ4n) is 2.56. The fourth-order valence-corrected chi connectivity index (χ4v) is 3.00. The first-order chi connectivity index (χ1) is 8.85. The molecule has 0 aliphatic heterocycles. The molecule has 0 aromatic heterocycles. The predicted molar refractivity (Wildman–Crippen MR) is 79.8 cm³/mol. The predicted octanol–water partition coefficient (Wildman–Crippen LogP) is 3.28. The molecule has 1 N–H and O–H groups in total. The molecule has 0 heterocycles. The van der Waals surface area contributed by atoms with E-state index in [4.69, 9.17) is 4.74 Å². The van der Waals surface area contributed by atoms with Crippen molar-refractivity contribution in [2.24, 2.45) is 0 Å². The van der Waals surface area contributed by atoms with Crippen LogP contribution >= 0.6 is 11.8 Å². The van der Waals surface area contributed by atoms with Gasteiger partial charge in [-0.25, -0.2) is 0 Å². The Labute approximate surface area is 114 Å². The highest BCUT2D eigenvalue weighted by atomic mass is 32.2. The SMILES string of the molecule is COc1ccccc1C1CC(NCCCSC)C1. The van der Waals surface area contributed by atoms with Crippen molar-refractivity contribution in [3.8, 4) is 5.75 Å². The Bertz CT molecular complexity index is 363. The van der Waals surface area contributed by atoms with Crippen LogP contribution in [0.25, 0.3) is 0 Å². The van der Waals surface area contributed by atoms with E-state index in [1.54, 1.807) is 7.11 Å². The normalized spacial score (nSPS) is 22.6. The van der Waals surface area contributed by atoms with E-state index < -0.39 is 0 Å². The van der Waals surface area contributed by atoms with E-state index in [9.17, 15) is 0 Å². The molecule has 0 amide bonds. The van der Waals surface area contributed by atoms with E-state index in [1.807, 2.05) is 17.8 Å². The summed E-state index contributed by atoms with van der Waals surface area (Å²) in [6.45, 7) is 1.16. The van der Waals surface area contributed by atoms with E-state index in [-0.39, 0.29) is 0 Å². The summed E-state index contributed by atoms with van der Waals surface area (Å²) in [5.74, 6) is 2.98. The van der Waals surface area contributed by atoms with Crippen LogP contribution in [0.3, 0.4) is 0 Å². The zero-order valence-corrected chi connectivity index (χ0v) is 12.1. The molecule has 1 saturated carbocycles. The van der Waals surface area contributed by atoms with Crippen LogP contribution in [-0.4, -0.2) is 31.7 Å². The lowest BCUT2D eigenvalue weighted by Gasteiger charge is -2.37. The van der Waals surface area contributed by atoms with Crippen LogP contribution in [0.5, 0.6) is 5.75 Å². The summed E-state index contributed by atoms with van der Waals surface area (Å²) < 4.78 is 5.43. The summed E-state index contributed by atoms with van der Waals surface area (Å²) in [6, 6.07) is 9.12. The molecule has 0 spiro atoms. The molecule has 0 bridgehead atoms. The van der Waals surface area contributed by atoms with Crippen molar-refractivity contribution in [2.75, 3.05) is 25.7 Å². The number of methoxy groups -OCH3 is 1. The van der Waals surface area contributed by atoms with Gasteiger partial charge in [0.25, 0.3) is 0 Å². The second-order valence-electron chi connectivity index (χ2n) is 4.91. The molecule has 0 saturated heterocycles. The van der Waals surface area contributed by atoms with Gasteiger partial charge < -0.3 is 10.1 Å². The first-order valence-corrected chi connectivity index (χ1v) is 8.09. The van der Waals surface area contributed by atoms with Crippen molar-refractivity contribution in [3.05, 3.63) is 29.8 Å².